The van der Waals surface area contributed by atoms with Crippen LogP contribution in [0.3, 0.4) is 0 Å². The van der Waals surface area contributed by atoms with Crippen molar-refractivity contribution in [1.82, 2.24) is 24.5 Å². The SMILES string of the molecule is C[C@@H](CO)Oc1nc(-c2cnn3ccccc23)nc(O[C@@H]2CCCN(C(=O)O)C2)c1F. The highest BCUT2D eigenvalue weighted by Crippen LogP contribution is 2.31. The molecule has 1 aliphatic heterocycles. The first-order chi connectivity index (χ1) is 15.0. The molecular formula is C20H22FN5O5. The van der Waals surface area contributed by atoms with Gasteiger partial charge in [0.05, 0.1) is 30.4 Å². The quantitative estimate of drug-likeness (QED) is 0.609. The summed E-state index contributed by atoms with van der Waals surface area (Å²) in [5.74, 6) is -1.46. The highest BCUT2D eigenvalue weighted by Gasteiger charge is 2.28. The first kappa shape index (κ1) is 20.8. The van der Waals surface area contributed by atoms with Gasteiger partial charge in [-0.2, -0.15) is 19.5 Å². The van der Waals surface area contributed by atoms with Crippen LogP contribution in [0, 0.1) is 5.82 Å². The third-order valence-corrected chi connectivity index (χ3v) is 4.95. The number of amides is 1. The van der Waals surface area contributed by atoms with Crippen molar-refractivity contribution >= 4 is 11.6 Å². The second-order valence-electron chi connectivity index (χ2n) is 7.28. The van der Waals surface area contributed by atoms with Crippen molar-refractivity contribution in [3.63, 3.8) is 0 Å². The molecule has 4 heterocycles. The number of carbonyl (C=O) groups is 1. The summed E-state index contributed by atoms with van der Waals surface area (Å²) in [6.07, 6.45) is 2.15. The summed E-state index contributed by atoms with van der Waals surface area (Å²) in [4.78, 5) is 21.0. The number of ether oxygens (including phenoxy) is 2. The van der Waals surface area contributed by atoms with Gasteiger partial charge >= 0.3 is 6.09 Å². The van der Waals surface area contributed by atoms with Gasteiger partial charge in [-0.15, -0.1) is 0 Å². The number of hydrogen-bond donors (Lipinski definition) is 2. The highest BCUT2D eigenvalue weighted by molar-refractivity contribution is 5.75. The van der Waals surface area contributed by atoms with Crippen molar-refractivity contribution in [2.45, 2.75) is 32.0 Å². The molecule has 1 aliphatic rings. The zero-order valence-electron chi connectivity index (χ0n) is 16.8. The van der Waals surface area contributed by atoms with E-state index in [9.17, 15) is 15.0 Å². The molecule has 0 spiro atoms. The Bertz CT molecular complexity index is 1090. The average Bonchev–Trinajstić information content (AvgIpc) is 3.20. The van der Waals surface area contributed by atoms with Crippen LogP contribution in [0.5, 0.6) is 11.8 Å². The minimum Gasteiger partial charge on any atom is -0.470 e. The van der Waals surface area contributed by atoms with Crippen molar-refractivity contribution in [3.05, 3.63) is 36.4 Å². The number of rotatable bonds is 6. The van der Waals surface area contributed by atoms with Gasteiger partial charge in [0, 0.05) is 12.7 Å². The first-order valence-corrected chi connectivity index (χ1v) is 9.88. The van der Waals surface area contributed by atoms with Crippen LogP contribution in [0.15, 0.2) is 30.6 Å². The van der Waals surface area contributed by atoms with Gasteiger partial charge in [0.2, 0.25) is 5.82 Å². The van der Waals surface area contributed by atoms with Gasteiger partial charge in [-0.3, -0.25) is 0 Å². The number of hydrogen-bond acceptors (Lipinski definition) is 7. The lowest BCUT2D eigenvalue weighted by molar-refractivity contribution is 0.0724. The molecule has 10 nitrogen and oxygen atoms in total. The number of pyridine rings is 1. The molecule has 31 heavy (non-hydrogen) atoms. The van der Waals surface area contributed by atoms with Crippen molar-refractivity contribution in [1.29, 1.82) is 0 Å². The van der Waals surface area contributed by atoms with Gasteiger partial charge in [0.25, 0.3) is 11.8 Å². The summed E-state index contributed by atoms with van der Waals surface area (Å²) in [6.45, 7) is 1.75. The molecule has 0 bridgehead atoms. The topological polar surface area (TPSA) is 122 Å². The van der Waals surface area contributed by atoms with Crippen molar-refractivity contribution in [2.75, 3.05) is 19.7 Å². The molecule has 3 aromatic rings. The Morgan fingerprint density at radius 3 is 2.94 bits per heavy atom. The molecule has 11 heteroatoms. The number of nitrogens with zero attached hydrogens (tertiary/aromatic N) is 5. The summed E-state index contributed by atoms with van der Waals surface area (Å²) in [5.41, 5.74) is 1.25. The van der Waals surface area contributed by atoms with E-state index < -0.39 is 24.1 Å². The molecule has 2 atom stereocenters. The van der Waals surface area contributed by atoms with Crippen LogP contribution < -0.4 is 9.47 Å². The minimum atomic E-state index is -1.05. The normalized spacial score (nSPS) is 17.5. The predicted octanol–water partition coefficient (Wildman–Crippen LogP) is 2.21. The van der Waals surface area contributed by atoms with Gasteiger partial charge in [-0.25, -0.2) is 9.31 Å². The second-order valence-corrected chi connectivity index (χ2v) is 7.28. The van der Waals surface area contributed by atoms with Crippen LogP contribution in [-0.2, 0) is 0 Å². The Kier molecular flexibility index (Phi) is 5.85. The summed E-state index contributed by atoms with van der Waals surface area (Å²) >= 11 is 0. The molecule has 0 aromatic carbocycles. The molecule has 2 N–H and O–H groups in total. The third kappa shape index (κ3) is 4.36. The van der Waals surface area contributed by atoms with E-state index in [-0.39, 0.29) is 30.7 Å². The fourth-order valence-electron chi connectivity index (χ4n) is 3.38. The van der Waals surface area contributed by atoms with Crippen LogP contribution in [0.25, 0.3) is 16.9 Å². The number of aliphatic hydroxyl groups excluding tert-OH is 1. The zero-order valence-corrected chi connectivity index (χ0v) is 16.8. The van der Waals surface area contributed by atoms with Crippen LogP contribution in [0.4, 0.5) is 9.18 Å². The van der Waals surface area contributed by atoms with Crippen molar-refractivity contribution < 1.29 is 28.9 Å². The molecular weight excluding hydrogens is 409 g/mol. The van der Waals surface area contributed by atoms with Crippen LogP contribution in [0.2, 0.25) is 0 Å². The molecule has 4 rings (SSSR count). The predicted molar refractivity (Wildman–Crippen MR) is 107 cm³/mol. The molecule has 0 saturated carbocycles. The van der Waals surface area contributed by atoms with Crippen LogP contribution >= 0.6 is 0 Å². The molecule has 164 valence electrons. The largest absolute Gasteiger partial charge is 0.470 e. The number of halogens is 1. The lowest BCUT2D eigenvalue weighted by atomic mass is 10.1. The van der Waals surface area contributed by atoms with E-state index >= 15 is 4.39 Å². The molecule has 0 aliphatic carbocycles. The fourth-order valence-corrected chi connectivity index (χ4v) is 3.38. The Morgan fingerprint density at radius 1 is 1.35 bits per heavy atom. The standard InChI is InChI=1S/C20H22FN5O5/c1-12(11-27)30-18-16(21)19(31-13-5-4-7-25(10-13)20(28)29)24-17(23-18)14-9-22-26-8-3-2-6-15(14)26/h2-3,6,8-9,12-13,27H,4-5,7,10-11H2,1H3,(H,28,29)/t12-,13+/m0/s1. The van der Waals surface area contributed by atoms with Crippen molar-refractivity contribution in [2.24, 2.45) is 0 Å². The molecule has 3 aromatic heterocycles. The highest BCUT2D eigenvalue weighted by atomic mass is 19.1. The Labute approximate surface area is 176 Å². The Hall–Kier alpha value is -3.47. The van der Waals surface area contributed by atoms with Gasteiger partial charge in [-0.1, -0.05) is 6.07 Å². The smallest absolute Gasteiger partial charge is 0.407 e. The van der Waals surface area contributed by atoms with E-state index in [0.29, 0.717) is 30.5 Å². The summed E-state index contributed by atoms with van der Waals surface area (Å²) in [5, 5.41) is 22.8. The molecule has 0 radical (unpaired) electrons. The van der Waals surface area contributed by atoms with E-state index in [1.54, 1.807) is 23.8 Å². The number of fused-ring (bicyclic) bond motifs is 1. The maximum atomic E-state index is 15.1. The lowest BCUT2D eigenvalue weighted by Crippen LogP contribution is -2.43. The van der Waals surface area contributed by atoms with E-state index in [2.05, 4.69) is 15.1 Å². The van der Waals surface area contributed by atoms with Gasteiger partial charge in [0.1, 0.15) is 12.2 Å². The fraction of sp³-hybridized carbons (Fsp3) is 0.400. The van der Waals surface area contributed by atoms with Gasteiger partial charge in [0.15, 0.2) is 5.82 Å². The molecule has 1 amide bonds. The summed E-state index contributed by atoms with van der Waals surface area (Å²) in [7, 11) is 0. The van der Waals surface area contributed by atoms with E-state index in [1.165, 1.54) is 4.90 Å². The minimum absolute atomic E-state index is 0.105. The van der Waals surface area contributed by atoms with E-state index in [4.69, 9.17) is 9.47 Å². The summed E-state index contributed by atoms with van der Waals surface area (Å²) < 4.78 is 28.0. The third-order valence-electron chi connectivity index (χ3n) is 4.95. The van der Waals surface area contributed by atoms with Gasteiger partial charge in [-0.05, 0) is 31.9 Å². The molecule has 0 unspecified atom stereocenters. The van der Waals surface area contributed by atoms with Gasteiger partial charge < -0.3 is 24.6 Å². The Balaban J connectivity index is 1.72. The van der Waals surface area contributed by atoms with Crippen LogP contribution in [0.1, 0.15) is 19.8 Å². The maximum Gasteiger partial charge on any atom is 0.407 e. The van der Waals surface area contributed by atoms with E-state index in [0.717, 1.165) is 0 Å². The monoisotopic (exact) mass is 431 g/mol. The number of aromatic nitrogens is 4. The number of likely N-dealkylation sites (tertiary alicyclic amines) is 1. The Morgan fingerprint density at radius 2 is 2.16 bits per heavy atom. The summed E-state index contributed by atoms with van der Waals surface area (Å²) in [6, 6.07) is 5.46. The maximum absolute atomic E-state index is 15.1. The van der Waals surface area contributed by atoms with E-state index in [1.807, 2.05) is 18.2 Å². The number of aliphatic hydroxyl groups is 1. The average molecular weight is 431 g/mol. The van der Waals surface area contributed by atoms with Crippen molar-refractivity contribution in [3.8, 4) is 23.1 Å². The first-order valence-electron chi connectivity index (χ1n) is 9.88. The van der Waals surface area contributed by atoms with Crippen LogP contribution in [-0.4, -0.2) is 72.7 Å². The molecule has 1 saturated heterocycles. The lowest BCUT2D eigenvalue weighted by Gasteiger charge is -2.30. The number of piperidine rings is 1. The number of carboxylic acid groups (broad SMARTS) is 1. The molecule has 1 fully saturated rings. The zero-order chi connectivity index (χ0) is 22.0. The second kappa shape index (κ2) is 8.72.